The molecule has 0 heterocycles. The van der Waals surface area contributed by atoms with Crippen molar-refractivity contribution in [1.29, 1.82) is 0 Å². The van der Waals surface area contributed by atoms with Crippen LogP contribution < -0.4 is 4.74 Å². The van der Waals surface area contributed by atoms with Crippen molar-refractivity contribution in [3.8, 4) is 5.75 Å². The average molecular weight is 232 g/mol. The van der Waals surface area contributed by atoms with Crippen molar-refractivity contribution in [2.24, 2.45) is 0 Å². The molecule has 0 spiro atoms. The first-order valence-electron chi connectivity index (χ1n) is 5.77. The zero-order valence-corrected chi connectivity index (χ0v) is 10.1. The number of hydrogen-bond acceptors (Lipinski definition) is 2. The van der Waals surface area contributed by atoms with Gasteiger partial charge < -0.3 is 9.84 Å². The van der Waals surface area contributed by atoms with E-state index in [4.69, 9.17) is 4.74 Å². The summed E-state index contributed by atoms with van der Waals surface area (Å²) in [4.78, 5) is 11.4. The molecule has 0 radical (unpaired) electrons. The van der Waals surface area contributed by atoms with E-state index in [0.717, 1.165) is 36.0 Å². The molecule has 0 saturated heterocycles. The molecule has 0 atom stereocenters. The van der Waals surface area contributed by atoms with Crippen LogP contribution in [0.5, 0.6) is 5.75 Å². The fourth-order valence-corrected chi connectivity index (χ4v) is 2.47. The van der Waals surface area contributed by atoms with Gasteiger partial charge in [-0.1, -0.05) is 12.1 Å². The fraction of sp³-hybridized carbons (Fsp3) is 0.357. The molecule has 0 bridgehead atoms. The molecule has 0 saturated carbocycles. The molecule has 0 amide bonds. The van der Waals surface area contributed by atoms with Gasteiger partial charge in [0.2, 0.25) is 0 Å². The third-order valence-electron chi connectivity index (χ3n) is 3.25. The fourth-order valence-electron chi connectivity index (χ4n) is 2.47. The molecule has 0 fully saturated rings. The van der Waals surface area contributed by atoms with Gasteiger partial charge in [0.25, 0.3) is 0 Å². The van der Waals surface area contributed by atoms with E-state index in [2.05, 4.69) is 0 Å². The van der Waals surface area contributed by atoms with Gasteiger partial charge in [-0.2, -0.15) is 0 Å². The highest BCUT2D eigenvalue weighted by Gasteiger charge is 2.24. The van der Waals surface area contributed by atoms with Crippen molar-refractivity contribution in [2.45, 2.75) is 26.2 Å². The highest BCUT2D eigenvalue weighted by molar-refractivity contribution is 5.98. The van der Waals surface area contributed by atoms with Crippen LogP contribution in [0.3, 0.4) is 0 Å². The lowest BCUT2D eigenvalue weighted by Gasteiger charge is -2.22. The lowest BCUT2D eigenvalue weighted by atomic mass is 9.84. The topological polar surface area (TPSA) is 46.5 Å². The van der Waals surface area contributed by atoms with Crippen LogP contribution in [0, 0.1) is 0 Å². The summed E-state index contributed by atoms with van der Waals surface area (Å²) in [5, 5.41) is 9.36. The van der Waals surface area contributed by atoms with Crippen LogP contribution in [0.25, 0.3) is 5.57 Å². The van der Waals surface area contributed by atoms with Crippen molar-refractivity contribution >= 4 is 11.5 Å². The first-order chi connectivity index (χ1) is 8.19. The van der Waals surface area contributed by atoms with E-state index in [9.17, 15) is 9.90 Å². The monoisotopic (exact) mass is 232 g/mol. The van der Waals surface area contributed by atoms with E-state index in [1.807, 2.05) is 19.1 Å². The van der Waals surface area contributed by atoms with Crippen molar-refractivity contribution < 1.29 is 14.6 Å². The van der Waals surface area contributed by atoms with E-state index in [0.29, 0.717) is 11.3 Å². The van der Waals surface area contributed by atoms with Crippen LogP contribution >= 0.6 is 0 Å². The van der Waals surface area contributed by atoms with Crippen LogP contribution in [0.15, 0.2) is 18.2 Å². The quantitative estimate of drug-likeness (QED) is 0.852. The summed E-state index contributed by atoms with van der Waals surface area (Å²) in [6, 6.07) is 3.73. The standard InChI is InChI=1S/C14H16O3/c1-3-9-5-4-6-10-7-8-11(17-2)13(12(9)10)14(15)16/h3,7-8H,4-6H2,1-2H3,(H,15,16). The summed E-state index contributed by atoms with van der Waals surface area (Å²) >= 11 is 0. The summed E-state index contributed by atoms with van der Waals surface area (Å²) in [6.07, 6.45) is 4.97. The van der Waals surface area contributed by atoms with Crippen molar-refractivity contribution in [2.75, 3.05) is 7.11 Å². The second kappa shape index (κ2) is 4.62. The number of aryl methyl sites for hydroxylation is 1. The van der Waals surface area contributed by atoms with Gasteiger partial charge in [-0.05, 0) is 49.0 Å². The summed E-state index contributed by atoms with van der Waals surface area (Å²) in [5.41, 5.74) is 3.40. The van der Waals surface area contributed by atoms with Gasteiger partial charge >= 0.3 is 5.97 Å². The maximum Gasteiger partial charge on any atom is 0.340 e. The Kier molecular flexibility index (Phi) is 3.18. The van der Waals surface area contributed by atoms with Gasteiger partial charge in [0.05, 0.1) is 7.11 Å². The lowest BCUT2D eigenvalue weighted by molar-refractivity contribution is 0.0692. The SMILES string of the molecule is CC=C1CCCc2ccc(OC)c(C(=O)O)c21. The predicted molar refractivity (Wildman–Crippen MR) is 66.5 cm³/mol. The minimum absolute atomic E-state index is 0.304. The molecule has 0 aromatic heterocycles. The molecular formula is C14H16O3. The van der Waals surface area contributed by atoms with Gasteiger partial charge in [-0.15, -0.1) is 0 Å². The highest BCUT2D eigenvalue weighted by atomic mass is 16.5. The first kappa shape index (κ1) is 11.7. The first-order valence-corrected chi connectivity index (χ1v) is 5.77. The molecular weight excluding hydrogens is 216 g/mol. The van der Waals surface area contributed by atoms with Gasteiger partial charge in [-0.25, -0.2) is 4.79 Å². The van der Waals surface area contributed by atoms with Gasteiger partial charge in [-0.3, -0.25) is 0 Å². The van der Waals surface area contributed by atoms with Gasteiger partial charge in [0.15, 0.2) is 0 Å². The molecule has 1 aliphatic carbocycles. The number of methoxy groups -OCH3 is 1. The van der Waals surface area contributed by atoms with Crippen LogP contribution in [0.1, 0.15) is 41.3 Å². The molecule has 0 unspecified atom stereocenters. The number of ether oxygens (including phenoxy) is 1. The van der Waals surface area contributed by atoms with Crippen molar-refractivity contribution in [1.82, 2.24) is 0 Å². The maximum absolute atomic E-state index is 11.4. The summed E-state index contributed by atoms with van der Waals surface area (Å²) in [5.74, 6) is -0.475. The van der Waals surface area contributed by atoms with E-state index < -0.39 is 5.97 Å². The van der Waals surface area contributed by atoms with Gasteiger partial charge in [0.1, 0.15) is 11.3 Å². The largest absolute Gasteiger partial charge is 0.496 e. The van der Waals surface area contributed by atoms with Gasteiger partial charge in [0, 0.05) is 0 Å². The second-order valence-corrected chi connectivity index (χ2v) is 4.15. The number of rotatable bonds is 2. The van der Waals surface area contributed by atoms with E-state index in [1.54, 1.807) is 6.07 Å². The van der Waals surface area contributed by atoms with Crippen LogP contribution in [0.2, 0.25) is 0 Å². The Labute approximate surface area is 101 Å². The average Bonchev–Trinajstić information content (AvgIpc) is 2.36. The van der Waals surface area contributed by atoms with Crippen molar-refractivity contribution in [3.05, 3.63) is 34.9 Å². The van der Waals surface area contributed by atoms with Crippen LogP contribution in [0.4, 0.5) is 0 Å². The van der Waals surface area contributed by atoms with E-state index >= 15 is 0 Å². The smallest absolute Gasteiger partial charge is 0.340 e. The molecule has 17 heavy (non-hydrogen) atoms. The maximum atomic E-state index is 11.4. The predicted octanol–water partition coefficient (Wildman–Crippen LogP) is 3.13. The normalized spacial score (nSPS) is 16.7. The molecule has 1 N–H and O–H groups in total. The Morgan fingerprint density at radius 1 is 1.41 bits per heavy atom. The number of carboxylic acids is 1. The van der Waals surface area contributed by atoms with E-state index in [-0.39, 0.29) is 0 Å². The molecule has 1 aromatic rings. The number of allylic oxidation sites excluding steroid dienone is 2. The summed E-state index contributed by atoms with van der Waals surface area (Å²) < 4.78 is 5.16. The molecule has 1 aliphatic rings. The number of benzene rings is 1. The molecule has 0 aliphatic heterocycles. The van der Waals surface area contributed by atoms with Crippen LogP contribution in [-0.4, -0.2) is 18.2 Å². The Morgan fingerprint density at radius 3 is 2.76 bits per heavy atom. The van der Waals surface area contributed by atoms with Crippen LogP contribution in [-0.2, 0) is 6.42 Å². The zero-order valence-electron chi connectivity index (χ0n) is 10.1. The number of carbonyl (C=O) groups is 1. The molecule has 1 aromatic carbocycles. The Bertz CT molecular complexity index is 486. The zero-order chi connectivity index (χ0) is 12.4. The lowest BCUT2D eigenvalue weighted by Crippen LogP contribution is -2.11. The molecule has 3 heteroatoms. The Hall–Kier alpha value is -1.77. The number of hydrogen-bond donors (Lipinski definition) is 1. The molecule has 90 valence electrons. The van der Waals surface area contributed by atoms with Crippen molar-refractivity contribution in [3.63, 3.8) is 0 Å². The summed E-state index contributed by atoms with van der Waals surface area (Å²) in [6.45, 7) is 1.95. The summed E-state index contributed by atoms with van der Waals surface area (Å²) in [7, 11) is 1.51. The third kappa shape index (κ3) is 1.93. The number of aromatic carboxylic acids is 1. The Morgan fingerprint density at radius 2 is 2.18 bits per heavy atom. The number of fused-ring (bicyclic) bond motifs is 1. The Balaban J connectivity index is 2.73. The second-order valence-electron chi connectivity index (χ2n) is 4.15. The molecule has 3 nitrogen and oxygen atoms in total. The van der Waals surface area contributed by atoms with E-state index in [1.165, 1.54) is 7.11 Å². The molecule has 2 rings (SSSR count). The minimum atomic E-state index is -0.917. The highest BCUT2D eigenvalue weighted by Crippen LogP contribution is 2.37. The third-order valence-corrected chi connectivity index (χ3v) is 3.25. The minimum Gasteiger partial charge on any atom is -0.496 e. The number of carboxylic acid groups (broad SMARTS) is 1.